The average molecular weight is 179 g/mol. The van der Waals surface area contributed by atoms with Gasteiger partial charge in [0.15, 0.2) is 11.4 Å². The molecular weight excluding hydrogens is 166 g/mol. The third kappa shape index (κ3) is 2.86. The minimum Gasteiger partial charge on any atom is -0.356 e. The summed E-state index contributed by atoms with van der Waals surface area (Å²) >= 11 is 0. The molecule has 0 aromatic carbocycles. The van der Waals surface area contributed by atoms with Crippen molar-refractivity contribution in [3.05, 3.63) is 41.4 Å². The standard InChI is InChI=1S/C10H13NO2/c1-8(2)7-9-5-3-4-6-10(9)13-11-12/h3-6,9-10H,1,7H2,2H3. The Kier molecular flexibility index (Phi) is 3.43. The van der Waals surface area contributed by atoms with E-state index in [-0.39, 0.29) is 12.0 Å². The molecule has 0 saturated heterocycles. The van der Waals surface area contributed by atoms with Crippen molar-refractivity contribution < 1.29 is 4.84 Å². The fourth-order valence-corrected chi connectivity index (χ4v) is 1.38. The molecule has 0 aromatic rings. The molecule has 0 fully saturated rings. The zero-order valence-electron chi connectivity index (χ0n) is 7.64. The van der Waals surface area contributed by atoms with Crippen LogP contribution in [0, 0.1) is 10.8 Å². The van der Waals surface area contributed by atoms with E-state index in [4.69, 9.17) is 0 Å². The molecule has 2 atom stereocenters. The summed E-state index contributed by atoms with van der Waals surface area (Å²) in [7, 11) is 0. The van der Waals surface area contributed by atoms with E-state index in [1.54, 1.807) is 0 Å². The van der Waals surface area contributed by atoms with E-state index in [2.05, 4.69) is 16.8 Å². The monoisotopic (exact) mass is 179 g/mol. The molecule has 70 valence electrons. The zero-order valence-corrected chi connectivity index (χ0v) is 7.64. The van der Waals surface area contributed by atoms with Gasteiger partial charge in [0.2, 0.25) is 0 Å². The van der Waals surface area contributed by atoms with Crippen LogP contribution in [0.3, 0.4) is 0 Å². The number of allylic oxidation sites excluding steroid dienone is 3. The van der Waals surface area contributed by atoms with Gasteiger partial charge in [0, 0.05) is 5.92 Å². The second-order valence-corrected chi connectivity index (χ2v) is 3.24. The predicted molar refractivity (Wildman–Crippen MR) is 51.9 cm³/mol. The molecule has 2 unspecified atom stereocenters. The zero-order chi connectivity index (χ0) is 9.68. The van der Waals surface area contributed by atoms with Crippen molar-refractivity contribution in [3.63, 3.8) is 0 Å². The lowest BCUT2D eigenvalue weighted by Crippen LogP contribution is -2.20. The van der Waals surface area contributed by atoms with Gasteiger partial charge >= 0.3 is 0 Å². The third-order valence-electron chi connectivity index (χ3n) is 1.94. The summed E-state index contributed by atoms with van der Waals surface area (Å²) in [6.45, 7) is 5.78. The summed E-state index contributed by atoms with van der Waals surface area (Å²) in [5.74, 6) is 0.181. The van der Waals surface area contributed by atoms with E-state index in [0.29, 0.717) is 0 Å². The molecule has 0 saturated carbocycles. The Morgan fingerprint density at radius 2 is 2.23 bits per heavy atom. The van der Waals surface area contributed by atoms with Crippen LogP contribution in [-0.2, 0) is 4.84 Å². The van der Waals surface area contributed by atoms with Crippen LogP contribution in [0.1, 0.15) is 13.3 Å². The lowest BCUT2D eigenvalue weighted by Gasteiger charge is -2.20. The van der Waals surface area contributed by atoms with Crippen molar-refractivity contribution in [3.8, 4) is 0 Å². The van der Waals surface area contributed by atoms with Crippen LogP contribution in [0.25, 0.3) is 0 Å². The van der Waals surface area contributed by atoms with Crippen LogP contribution >= 0.6 is 0 Å². The normalized spacial score (nSPS) is 25.6. The van der Waals surface area contributed by atoms with Gasteiger partial charge in [-0.05, 0) is 19.4 Å². The molecule has 13 heavy (non-hydrogen) atoms. The van der Waals surface area contributed by atoms with Gasteiger partial charge in [0.1, 0.15) is 0 Å². The number of hydrogen-bond donors (Lipinski definition) is 0. The third-order valence-corrected chi connectivity index (χ3v) is 1.94. The summed E-state index contributed by atoms with van der Waals surface area (Å²) < 4.78 is 0. The molecule has 1 aliphatic rings. The van der Waals surface area contributed by atoms with Crippen LogP contribution in [0.5, 0.6) is 0 Å². The molecule has 0 aromatic heterocycles. The van der Waals surface area contributed by atoms with E-state index in [1.807, 2.05) is 31.2 Å². The average Bonchev–Trinajstić information content (AvgIpc) is 2.08. The van der Waals surface area contributed by atoms with E-state index < -0.39 is 0 Å². The minimum absolute atomic E-state index is 0.181. The van der Waals surface area contributed by atoms with Gasteiger partial charge in [-0.1, -0.05) is 23.8 Å². The van der Waals surface area contributed by atoms with Gasteiger partial charge in [0.25, 0.3) is 0 Å². The summed E-state index contributed by atoms with van der Waals surface area (Å²) in [6.07, 6.45) is 8.21. The molecule has 1 aliphatic carbocycles. The van der Waals surface area contributed by atoms with Crippen molar-refractivity contribution in [2.75, 3.05) is 0 Å². The maximum atomic E-state index is 9.95. The Morgan fingerprint density at radius 3 is 2.85 bits per heavy atom. The molecule has 0 spiro atoms. The van der Waals surface area contributed by atoms with Crippen LogP contribution in [-0.4, -0.2) is 6.10 Å². The van der Waals surface area contributed by atoms with Crippen molar-refractivity contribution in [2.24, 2.45) is 11.3 Å². The SMILES string of the molecule is C=C(C)CC1C=CC=CC1ON=O. The molecule has 0 heterocycles. The van der Waals surface area contributed by atoms with E-state index in [1.165, 1.54) is 0 Å². The Hall–Kier alpha value is -1.38. The summed E-state index contributed by atoms with van der Waals surface area (Å²) in [5.41, 5.74) is 1.07. The van der Waals surface area contributed by atoms with Crippen LogP contribution in [0.2, 0.25) is 0 Å². The Bertz CT molecular complexity index is 256. The second kappa shape index (κ2) is 4.60. The largest absolute Gasteiger partial charge is 0.356 e. The molecule has 0 aliphatic heterocycles. The topological polar surface area (TPSA) is 38.7 Å². The summed E-state index contributed by atoms with van der Waals surface area (Å²) in [6, 6.07) is 0. The smallest absolute Gasteiger partial charge is 0.155 e. The molecule has 1 rings (SSSR count). The molecule has 0 radical (unpaired) electrons. The van der Waals surface area contributed by atoms with Crippen LogP contribution in [0.4, 0.5) is 0 Å². The minimum atomic E-state index is -0.237. The van der Waals surface area contributed by atoms with Gasteiger partial charge < -0.3 is 4.84 Å². The number of rotatable bonds is 4. The maximum Gasteiger partial charge on any atom is 0.155 e. The van der Waals surface area contributed by atoms with E-state index in [9.17, 15) is 4.91 Å². The molecule has 0 N–H and O–H groups in total. The fraction of sp³-hybridized carbons (Fsp3) is 0.400. The first-order valence-electron chi connectivity index (χ1n) is 4.22. The number of nitrogens with zero attached hydrogens (tertiary/aromatic N) is 1. The highest BCUT2D eigenvalue weighted by Gasteiger charge is 2.20. The van der Waals surface area contributed by atoms with Gasteiger partial charge in [-0.2, -0.15) is 0 Å². The van der Waals surface area contributed by atoms with E-state index >= 15 is 0 Å². The Morgan fingerprint density at radius 1 is 1.54 bits per heavy atom. The van der Waals surface area contributed by atoms with Gasteiger partial charge in [0.05, 0.1) is 0 Å². The Balaban J connectivity index is 2.58. The molecular formula is C10H13NO2. The first kappa shape index (κ1) is 9.71. The Labute approximate surface area is 77.7 Å². The lowest BCUT2D eigenvalue weighted by molar-refractivity contribution is 0.0593. The fourth-order valence-electron chi connectivity index (χ4n) is 1.38. The molecule has 0 amide bonds. The van der Waals surface area contributed by atoms with Gasteiger partial charge in [-0.3, -0.25) is 0 Å². The van der Waals surface area contributed by atoms with Crippen molar-refractivity contribution >= 4 is 0 Å². The predicted octanol–water partition coefficient (Wildman–Crippen LogP) is 2.76. The molecule has 3 heteroatoms. The molecule has 0 bridgehead atoms. The summed E-state index contributed by atoms with van der Waals surface area (Å²) in [4.78, 5) is 14.6. The molecule has 3 nitrogen and oxygen atoms in total. The first-order chi connectivity index (χ1) is 6.24. The maximum absolute atomic E-state index is 9.95. The highest BCUT2D eigenvalue weighted by Crippen LogP contribution is 2.22. The first-order valence-corrected chi connectivity index (χ1v) is 4.22. The highest BCUT2D eigenvalue weighted by atomic mass is 16.7. The summed E-state index contributed by atoms with van der Waals surface area (Å²) in [5, 5.41) is 2.45. The lowest BCUT2D eigenvalue weighted by atomic mass is 9.92. The van der Waals surface area contributed by atoms with Crippen LogP contribution in [0.15, 0.2) is 41.8 Å². The van der Waals surface area contributed by atoms with Crippen molar-refractivity contribution in [1.82, 2.24) is 0 Å². The van der Waals surface area contributed by atoms with Gasteiger partial charge in [-0.15, -0.1) is 11.5 Å². The van der Waals surface area contributed by atoms with E-state index in [0.717, 1.165) is 12.0 Å². The highest BCUT2D eigenvalue weighted by molar-refractivity contribution is 5.17. The van der Waals surface area contributed by atoms with Crippen LogP contribution < -0.4 is 0 Å². The van der Waals surface area contributed by atoms with Gasteiger partial charge in [-0.25, -0.2) is 0 Å². The quantitative estimate of drug-likeness (QED) is 0.378. The number of hydrogen-bond acceptors (Lipinski definition) is 3. The van der Waals surface area contributed by atoms with Crippen molar-refractivity contribution in [1.29, 1.82) is 0 Å². The second-order valence-electron chi connectivity index (χ2n) is 3.24. The van der Waals surface area contributed by atoms with Crippen molar-refractivity contribution in [2.45, 2.75) is 19.4 Å².